The molecule has 1 aromatic carbocycles. The highest BCUT2D eigenvalue weighted by molar-refractivity contribution is 5.78. The zero-order chi connectivity index (χ0) is 18.3. The summed E-state index contributed by atoms with van der Waals surface area (Å²) in [5, 5.41) is 22.3. The number of methoxy groups -OCH3 is 1. The SMILES string of the molecule is COc1cc(OCC(=O)NCCC(C)(C)C(=O)O)ccc1[N+](=O)[O-]. The molecule has 0 saturated heterocycles. The van der Waals surface area contributed by atoms with Crippen LogP contribution in [0.15, 0.2) is 18.2 Å². The van der Waals surface area contributed by atoms with Gasteiger partial charge in [0.2, 0.25) is 5.75 Å². The first kappa shape index (κ1) is 19.2. The average Bonchev–Trinajstić information content (AvgIpc) is 2.52. The first-order valence-corrected chi connectivity index (χ1v) is 7.12. The average molecular weight is 340 g/mol. The molecule has 0 aliphatic heterocycles. The van der Waals surface area contributed by atoms with E-state index in [0.717, 1.165) is 0 Å². The molecule has 0 spiro atoms. The summed E-state index contributed by atoms with van der Waals surface area (Å²) >= 11 is 0. The quantitative estimate of drug-likeness (QED) is 0.516. The number of nitro benzene ring substituents is 1. The molecule has 24 heavy (non-hydrogen) atoms. The standard InChI is InChI=1S/C15H20N2O7/c1-15(2,14(19)20)6-7-16-13(18)9-24-10-4-5-11(17(21)22)12(8-10)23-3/h4-5,8H,6-7,9H2,1-3H3,(H,16,18)(H,19,20). The minimum absolute atomic E-state index is 0.0288. The van der Waals surface area contributed by atoms with Crippen LogP contribution in [0.4, 0.5) is 5.69 Å². The first-order chi connectivity index (χ1) is 11.2. The third kappa shape index (κ3) is 5.41. The summed E-state index contributed by atoms with van der Waals surface area (Å²) < 4.78 is 10.1. The molecular formula is C15H20N2O7. The van der Waals surface area contributed by atoms with E-state index in [2.05, 4.69) is 5.32 Å². The Bertz CT molecular complexity index is 628. The molecule has 0 bridgehead atoms. The number of carbonyl (C=O) groups excluding carboxylic acids is 1. The van der Waals surface area contributed by atoms with E-state index in [0.29, 0.717) is 0 Å². The van der Waals surface area contributed by atoms with E-state index in [1.807, 2.05) is 0 Å². The fraction of sp³-hybridized carbons (Fsp3) is 0.467. The Balaban J connectivity index is 2.50. The van der Waals surface area contributed by atoms with Crippen molar-refractivity contribution in [3.8, 4) is 11.5 Å². The number of nitrogens with one attached hydrogen (secondary N) is 1. The fourth-order valence-electron chi connectivity index (χ4n) is 1.72. The lowest BCUT2D eigenvalue weighted by Gasteiger charge is -2.18. The van der Waals surface area contributed by atoms with Gasteiger partial charge < -0.3 is 19.9 Å². The number of amides is 1. The van der Waals surface area contributed by atoms with Crippen molar-refractivity contribution in [2.45, 2.75) is 20.3 Å². The Labute approximate surface area is 138 Å². The van der Waals surface area contributed by atoms with Gasteiger partial charge in [-0.15, -0.1) is 0 Å². The smallest absolute Gasteiger partial charge is 0.311 e. The molecule has 9 heteroatoms. The van der Waals surface area contributed by atoms with Gasteiger partial charge in [-0.25, -0.2) is 0 Å². The molecule has 0 radical (unpaired) electrons. The van der Waals surface area contributed by atoms with Crippen molar-refractivity contribution < 1.29 is 29.1 Å². The largest absolute Gasteiger partial charge is 0.490 e. The maximum absolute atomic E-state index is 11.7. The first-order valence-electron chi connectivity index (χ1n) is 7.12. The minimum atomic E-state index is -0.939. The molecule has 1 amide bonds. The van der Waals surface area contributed by atoms with Crippen LogP contribution in [0, 0.1) is 15.5 Å². The van der Waals surface area contributed by atoms with Crippen LogP contribution < -0.4 is 14.8 Å². The molecule has 0 fully saturated rings. The molecule has 0 unspecified atom stereocenters. The zero-order valence-corrected chi connectivity index (χ0v) is 13.7. The van der Waals surface area contributed by atoms with Gasteiger partial charge in [0.25, 0.3) is 5.91 Å². The van der Waals surface area contributed by atoms with Crippen molar-refractivity contribution in [2.24, 2.45) is 5.41 Å². The summed E-state index contributed by atoms with van der Waals surface area (Å²) in [7, 11) is 1.29. The number of carboxylic acid groups (broad SMARTS) is 1. The lowest BCUT2D eigenvalue weighted by Crippen LogP contribution is -2.34. The van der Waals surface area contributed by atoms with Gasteiger partial charge in [0, 0.05) is 18.7 Å². The number of ether oxygens (including phenoxy) is 2. The number of hydrogen-bond acceptors (Lipinski definition) is 6. The van der Waals surface area contributed by atoms with Crippen LogP contribution in [-0.2, 0) is 9.59 Å². The zero-order valence-electron chi connectivity index (χ0n) is 13.7. The van der Waals surface area contributed by atoms with E-state index in [-0.39, 0.29) is 36.8 Å². The van der Waals surface area contributed by atoms with E-state index >= 15 is 0 Å². The van der Waals surface area contributed by atoms with Crippen LogP contribution in [0.1, 0.15) is 20.3 Å². The Morgan fingerprint density at radius 3 is 2.58 bits per heavy atom. The van der Waals surface area contributed by atoms with Crippen molar-refractivity contribution in [3.63, 3.8) is 0 Å². The Morgan fingerprint density at radius 2 is 2.04 bits per heavy atom. The van der Waals surface area contributed by atoms with Crippen LogP contribution >= 0.6 is 0 Å². The van der Waals surface area contributed by atoms with Crippen molar-refractivity contribution in [1.82, 2.24) is 5.32 Å². The lowest BCUT2D eigenvalue weighted by atomic mass is 9.90. The summed E-state index contributed by atoms with van der Waals surface area (Å²) in [6.07, 6.45) is 0.277. The van der Waals surface area contributed by atoms with Gasteiger partial charge in [0.05, 0.1) is 17.4 Å². The number of rotatable bonds is 9. The second-order valence-electron chi connectivity index (χ2n) is 5.67. The topological polar surface area (TPSA) is 128 Å². The summed E-state index contributed by atoms with van der Waals surface area (Å²) in [6, 6.07) is 3.90. The number of hydrogen-bond donors (Lipinski definition) is 2. The second kappa shape index (κ2) is 8.14. The van der Waals surface area contributed by atoms with E-state index in [1.165, 1.54) is 25.3 Å². The summed E-state index contributed by atoms with van der Waals surface area (Å²) in [4.78, 5) is 32.8. The van der Waals surface area contributed by atoms with Crippen molar-refractivity contribution in [3.05, 3.63) is 28.3 Å². The number of carboxylic acids is 1. The minimum Gasteiger partial charge on any atom is -0.490 e. The van der Waals surface area contributed by atoms with Crippen LogP contribution in [0.3, 0.4) is 0 Å². The van der Waals surface area contributed by atoms with Crippen LogP contribution in [0.2, 0.25) is 0 Å². The molecule has 0 aliphatic carbocycles. The molecule has 1 aromatic rings. The third-order valence-corrected chi connectivity index (χ3v) is 3.37. The van der Waals surface area contributed by atoms with Gasteiger partial charge in [0.1, 0.15) is 5.75 Å². The Morgan fingerprint density at radius 1 is 1.38 bits per heavy atom. The monoisotopic (exact) mass is 340 g/mol. The van der Waals surface area contributed by atoms with Crippen LogP contribution in [-0.4, -0.2) is 42.2 Å². The second-order valence-corrected chi connectivity index (χ2v) is 5.67. The molecular weight excluding hydrogens is 320 g/mol. The summed E-state index contributed by atoms with van der Waals surface area (Å²) in [5.41, 5.74) is -1.13. The van der Waals surface area contributed by atoms with Gasteiger partial charge >= 0.3 is 11.7 Å². The van der Waals surface area contributed by atoms with Gasteiger partial charge in [-0.2, -0.15) is 0 Å². The van der Waals surface area contributed by atoms with Crippen LogP contribution in [0.5, 0.6) is 11.5 Å². The van der Waals surface area contributed by atoms with Crippen LogP contribution in [0.25, 0.3) is 0 Å². The van der Waals surface area contributed by atoms with Crippen molar-refractivity contribution in [2.75, 3.05) is 20.3 Å². The number of nitrogens with zero attached hydrogens (tertiary/aromatic N) is 1. The molecule has 0 aliphatic rings. The van der Waals surface area contributed by atoms with E-state index < -0.39 is 22.2 Å². The molecule has 0 heterocycles. The Hall–Kier alpha value is -2.84. The molecule has 0 saturated carbocycles. The molecule has 132 valence electrons. The Kier molecular flexibility index (Phi) is 6.51. The highest BCUT2D eigenvalue weighted by Crippen LogP contribution is 2.30. The number of carbonyl (C=O) groups is 2. The van der Waals surface area contributed by atoms with E-state index in [9.17, 15) is 19.7 Å². The van der Waals surface area contributed by atoms with Crippen molar-refractivity contribution in [1.29, 1.82) is 0 Å². The van der Waals surface area contributed by atoms with E-state index in [1.54, 1.807) is 13.8 Å². The predicted octanol–water partition coefficient (Wildman–Crippen LogP) is 1.60. The third-order valence-electron chi connectivity index (χ3n) is 3.37. The van der Waals surface area contributed by atoms with Gasteiger partial charge in [-0.05, 0) is 26.3 Å². The lowest BCUT2D eigenvalue weighted by molar-refractivity contribution is -0.385. The van der Waals surface area contributed by atoms with Crippen molar-refractivity contribution >= 4 is 17.6 Å². The number of aliphatic carboxylic acids is 1. The number of nitro groups is 1. The highest BCUT2D eigenvalue weighted by atomic mass is 16.6. The molecule has 0 atom stereocenters. The normalized spacial score (nSPS) is 10.8. The molecule has 0 aromatic heterocycles. The fourth-order valence-corrected chi connectivity index (χ4v) is 1.72. The van der Waals surface area contributed by atoms with E-state index in [4.69, 9.17) is 14.6 Å². The maximum atomic E-state index is 11.7. The maximum Gasteiger partial charge on any atom is 0.311 e. The molecule has 2 N–H and O–H groups in total. The predicted molar refractivity (Wildman–Crippen MR) is 84.2 cm³/mol. The van der Waals surface area contributed by atoms with Gasteiger partial charge in [-0.3, -0.25) is 19.7 Å². The number of benzene rings is 1. The molecule has 1 rings (SSSR count). The molecule has 9 nitrogen and oxygen atoms in total. The van der Waals surface area contributed by atoms with Gasteiger partial charge in [-0.1, -0.05) is 0 Å². The van der Waals surface area contributed by atoms with Gasteiger partial charge in [0.15, 0.2) is 6.61 Å². The summed E-state index contributed by atoms with van der Waals surface area (Å²) in [6.45, 7) is 3.04. The highest BCUT2D eigenvalue weighted by Gasteiger charge is 2.26. The summed E-state index contributed by atoms with van der Waals surface area (Å²) in [5.74, 6) is -1.08.